The number of likely N-dealkylation sites (N-methyl/N-ethyl adjacent to an activating group) is 1. The van der Waals surface area contributed by atoms with Crippen LogP contribution in [-0.2, 0) is 9.63 Å². The molecule has 1 atom stereocenters. The third kappa shape index (κ3) is 3.39. The van der Waals surface area contributed by atoms with Crippen LogP contribution in [0, 0.1) is 11.6 Å². The molecule has 2 aromatic rings. The zero-order valence-corrected chi connectivity index (χ0v) is 14.0. The molecular weight excluding hydrogens is 314 g/mol. The molecule has 1 unspecified atom stereocenters. The van der Waals surface area contributed by atoms with Gasteiger partial charge in [0.15, 0.2) is 0 Å². The Bertz CT molecular complexity index is 747. The molecule has 0 saturated carbocycles. The van der Waals surface area contributed by atoms with Gasteiger partial charge in [0.25, 0.3) is 5.91 Å². The second-order valence-electron chi connectivity index (χ2n) is 4.91. The first-order valence-corrected chi connectivity index (χ1v) is 7.33. The maximum absolute atomic E-state index is 12.8. The van der Waals surface area contributed by atoms with Gasteiger partial charge in [-0.2, -0.15) is 0 Å². The van der Waals surface area contributed by atoms with Crippen molar-refractivity contribution in [3.8, 4) is 0 Å². The molecule has 122 valence electrons. The van der Waals surface area contributed by atoms with Crippen LogP contribution in [0.15, 0.2) is 36.7 Å². The van der Waals surface area contributed by atoms with Crippen molar-refractivity contribution in [3.63, 3.8) is 0 Å². The van der Waals surface area contributed by atoms with Gasteiger partial charge in [0, 0.05) is 12.6 Å². The van der Waals surface area contributed by atoms with Gasteiger partial charge in [-0.15, -0.1) is 0 Å². The van der Waals surface area contributed by atoms with Crippen molar-refractivity contribution in [3.05, 3.63) is 52.4 Å². The van der Waals surface area contributed by atoms with Crippen molar-refractivity contribution >= 4 is 23.9 Å². The van der Waals surface area contributed by atoms with E-state index in [0.717, 1.165) is 5.56 Å². The van der Waals surface area contributed by atoms with Gasteiger partial charge in [-0.25, -0.2) is 15.9 Å². The number of hydrogen-bond donors (Lipinski definition) is 2. The Morgan fingerprint density at radius 2 is 2.09 bits per heavy atom. The van der Waals surface area contributed by atoms with Crippen LogP contribution in [0.4, 0.5) is 5.82 Å². The van der Waals surface area contributed by atoms with E-state index in [9.17, 15) is 4.79 Å². The number of benzene rings is 1. The molecule has 0 fully saturated rings. The number of carbonyl (C=O) groups is 1. The number of carbonyl (C=O) groups excluding carboxylic acids is 1. The second-order valence-corrected chi connectivity index (χ2v) is 5.29. The van der Waals surface area contributed by atoms with Crippen LogP contribution in [0.2, 0.25) is 0 Å². The number of hydrogen-bond acceptors (Lipinski definition) is 6. The summed E-state index contributed by atoms with van der Waals surface area (Å²) >= 11 is 5.48. The standard InChI is InChI=1S/C15H19N5O2S/c1-10-13(18-16)17-9-20(15(10)23)12(14(21)19(2)22-3)11-7-5-4-6-8-11/h4-9,12,18H,16H2,1-3H3. The average molecular weight is 333 g/mol. The maximum Gasteiger partial charge on any atom is 0.273 e. The lowest BCUT2D eigenvalue weighted by Gasteiger charge is -2.25. The molecule has 0 saturated heterocycles. The van der Waals surface area contributed by atoms with Crippen molar-refractivity contribution in [2.45, 2.75) is 13.0 Å². The fraction of sp³-hybridized carbons (Fsp3) is 0.267. The molecule has 1 aromatic carbocycles. The van der Waals surface area contributed by atoms with E-state index in [1.807, 2.05) is 30.3 Å². The minimum absolute atomic E-state index is 0.260. The van der Waals surface area contributed by atoms with Gasteiger partial charge < -0.3 is 9.99 Å². The Morgan fingerprint density at radius 3 is 2.65 bits per heavy atom. The minimum Gasteiger partial charge on any atom is -0.308 e. The first-order valence-electron chi connectivity index (χ1n) is 6.92. The van der Waals surface area contributed by atoms with Crippen LogP contribution in [-0.4, -0.2) is 34.7 Å². The fourth-order valence-corrected chi connectivity index (χ4v) is 2.46. The fourth-order valence-electron chi connectivity index (χ4n) is 2.21. The normalized spacial score (nSPS) is 11.8. The molecule has 0 aliphatic carbocycles. The Balaban J connectivity index is 2.62. The zero-order valence-electron chi connectivity index (χ0n) is 13.2. The summed E-state index contributed by atoms with van der Waals surface area (Å²) in [4.78, 5) is 22.0. The van der Waals surface area contributed by atoms with Gasteiger partial charge in [0.05, 0.1) is 13.4 Å². The summed E-state index contributed by atoms with van der Waals surface area (Å²) in [5, 5.41) is 1.17. The summed E-state index contributed by atoms with van der Waals surface area (Å²) in [6.07, 6.45) is 1.50. The highest BCUT2D eigenvalue weighted by molar-refractivity contribution is 7.71. The molecule has 0 spiro atoms. The van der Waals surface area contributed by atoms with E-state index in [2.05, 4.69) is 10.4 Å². The molecule has 1 heterocycles. The number of nitrogen functional groups attached to an aromatic ring is 1. The molecule has 0 bridgehead atoms. The van der Waals surface area contributed by atoms with Crippen LogP contribution >= 0.6 is 12.2 Å². The lowest BCUT2D eigenvalue weighted by molar-refractivity contribution is -0.171. The van der Waals surface area contributed by atoms with Crippen molar-refractivity contribution in [1.29, 1.82) is 0 Å². The van der Waals surface area contributed by atoms with E-state index in [4.69, 9.17) is 22.9 Å². The van der Waals surface area contributed by atoms with E-state index in [0.29, 0.717) is 16.0 Å². The Hall–Kier alpha value is -2.29. The van der Waals surface area contributed by atoms with Crippen molar-refractivity contribution in [2.75, 3.05) is 19.6 Å². The van der Waals surface area contributed by atoms with Crippen LogP contribution in [0.3, 0.4) is 0 Å². The maximum atomic E-state index is 12.8. The summed E-state index contributed by atoms with van der Waals surface area (Å²) in [5.41, 5.74) is 3.97. The highest BCUT2D eigenvalue weighted by atomic mass is 32.1. The van der Waals surface area contributed by atoms with Gasteiger partial charge >= 0.3 is 0 Å². The summed E-state index contributed by atoms with van der Waals surface area (Å²) in [7, 11) is 2.99. The van der Waals surface area contributed by atoms with Crippen LogP contribution in [0.1, 0.15) is 17.2 Å². The summed E-state index contributed by atoms with van der Waals surface area (Å²) in [6.45, 7) is 1.80. The molecule has 0 radical (unpaired) electrons. The topological polar surface area (TPSA) is 85.4 Å². The minimum atomic E-state index is -0.674. The monoisotopic (exact) mass is 333 g/mol. The zero-order chi connectivity index (χ0) is 17.0. The number of nitrogens with one attached hydrogen (secondary N) is 1. The van der Waals surface area contributed by atoms with Gasteiger partial charge in [-0.3, -0.25) is 9.63 Å². The molecule has 7 nitrogen and oxygen atoms in total. The third-order valence-corrected chi connectivity index (χ3v) is 4.09. The summed E-state index contributed by atoms with van der Waals surface area (Å²) in [5.74, 6) is 5.64. The van der Waals surface area contributed by atoms with Crippen molar-refractivity contribution in [2.24, 2.45) is 5.84 Å². The Morgan fingerprint density at radius 1 is 1.43 bits per heavy atom. The molecule has 8 heteroatoms. The average Bonchev–Trinajstić information content (AvgIpc) is 2.59. The summed E-state index contributed by atoms with van der Waals surface area (Å²) in [6, 6.07) is 8.66. The molecule has 1 aromatic heterocycles. The Labute approximate surface area is 139 Å². The van der Waals surface area contributed by atoms with E-state index in [1.54, 1.807) is 18.5 Å². The van der Waals surface area contributed by atoms with Crippen molar-refractivity contribution < 1.29 is 9.63 Å². The second kappa shape index (κ2) is 7.32. The molecule has 1 amide bonds. The summed E-state index contributed by atoms with van der Waals surface area (Å²) < 4.78 is 2.11. The predicted molar refractivity (Wildman–Crippen MR) is 90.0 cm³/mol. The lowest BCUT2D eigenvalue weighted by Crippen LogP contribution is -2.35. The number of anilines is 1. The lowest BCUT2D eigenvalue weighted by atomic mass is 10.1. The van der Waals surface area contributed by atoms with Crippen molar-refractivity contribution in [1.82, 2.24) is 14.6 Å². The molecule has 0 aliphatic rings. The number of hydrazine groups is 1. The molecule has 2 rings (SSSR count). The Kier molecular flexibility index (Phi) is 5.43. The van der Waals surface area contributed by atoms with Gasteiger partial charge in [0.2, 0.25) is 0 Å². The number of nitrogens with zero attached hydrogens (tertiary/aromatic N) is 3. The van der Waals surface area contributed by atoms with Gasteiger partial charge in [-0.05, 0) is 12.5 Å². The number of rotatable bonds is 5. The number of aromatic nitrogens is 2. The highest BCUT2D eigenvalue weighted by Gasteiger charge is 2.27. The van der Waals surface area contributed by atoms with Crippen LogP contribution in [0.25, 0.3) is 0 Å². The molecule has 23 heavy (non-hydrogen) atoms. The third-order valence-electron chi connectivity index (χ3n) is 3.57. The van der Waals surface area contributed by atoms with E-state index in [-0.39, 0.29) is 5.91 Å². The van der Waals surface area contributed by atoms with Crippen LogP contribution < -0.4 is 11.3 Å². The first kappa shape index (κ1) is 17.1. The van der Waals surface area contributed by atoms with Gasteiger partial charge in [0.1, 0.15) is 16.5 Å². The smallest absolute Gasteiger partial charge is 0.273 e. The first-order chi connectivity index (χ1) is 11.0. The number of nitrogens with two attached hydrogens (primary N) is 1. The quantitative estimate of drug-likeness (QED) is 0.493. The van der Waals surface area contributed by atoms with E-state index in [1.165, 1.54) is 18.5 Å². The largest absolute Gasteiger partial charge is 0.308 e. The predicted octanol–water partition coefficient (Wildman–Crippen LogP) is 1.82. The molecular formula is C15H19N5O2S. The SMILES string of the molecule is CON(C)C(=O)C(c1ccccc1)n1cnc(NN)c(C)c1=S. The van der Waals surface area contributed by atoms with E-state index < -0.39 is 6.04 Å². The molecule has 0 aliphatic heterocycles. The van der Waals surface area contributed by atoms with Crippen LogP contribution in [0.5, 0.6) is 0 Å². The molecule has 3 N–H and O–H groups in total. The van der Waals surface area contributed by atoms with Gasteiger partial charge in [-0.1, -0.05) is 42.5 Å². The number of hydroxylamine groups is 2. The number of amides is 1. The van der Waals surface area contributed by atoms with E-state index >= 15 is 0 Å². The highest BCUT2D eigenvalue weighted by Crippen LogP contribution is 2.23.